The predicted molar refractivity (Wildman–Crippen MR) is 82.8 cm³/mol. The zero-order valence-corrected chi connectivity index (χ0v) is 12.4. The fourth-order valence-electron chi connectivity index (χ4n) is 3.21. The van der Waals surface area contributed by atoms with Crippen LogP contribution in [0.2, 0.25) is 0 Å². The zero-order valence-electron chi connectivity index (χ0n) is 12.4. The molecule has 1 N–H and O–H groups in total. The highest BCUT2D eigenvalue weighted by molar-refractivity contribution is 5.37. The fraction of sp³-hybridized carbons (Fsp3) is 0.368. The van der Waals surface area contributed by atoms with Crippen molar-refractivity contribution in [2.45, 2.75) is 44.6 Å². The minimum Gasteiger partial charge on any atom is -0.385 e. The van der Waals surface area contributed by atoms with Crippen molar-refractivity contribution in [2.75, 3.05) is 0 Å². The Bertz CT molecular complexity index is 646. The van der Waals surface area contributed by atoms with E-state index in [4.69, 9.17) is 0 Å². The van der Waals surface area contributed by atoms with Crippen LogP contribution in [-0.4, -0.2) is 5.11 Å². The summed E-state index contributed by atoms with van der Waals surface area (Å²) in [7, 11) is 0. The summed E-state index contributed by atoms with van der Waals surface area (Å²) in [5.41, 5.74) is 3.54. The number of benzene rings is 2. The van der Waals surface area contributed by atoms with E-state index in [1.807, 2.05) is 19.1 Å². The summed E-state index contributed by atoms with van der Waals surface area (Å²) in [4.78, 5) is 0. The molecule has 0 heterocycles. The summed E-state index contributed by atoms with van der Waals surface area (Å²) >= 11 is 0. The lowest BCUT2D eigenvalue weighted by Crippen LogP contribution is -2.25. The van der Waals surface area contributed by atoms with Crippen LogP contribution in [0.15, 0.2) is 42.5 Å². The van der Waals surface area contributed by atoms with E-state index in [1.165, 1.54) is 36.1 Å². The average molecular weight is 284 g/mol. The molecule has 0 amide bonds. The lowest BCUT2D eigenvalue weighted by molar-refractivity contribution is 0.0574. The Morgan fingerprint density at radius 1 is 1.05 bits per heavy atom. The van der Waals surface area contributed by atoms with Crippen molar-refractivity contribution in [3.8, 4) is 0 Å². The molecule has 0 saturated carbocycles. The third kappa shape index (κ3) is 3.16. The molecule has 0 radical (unpaired) electrons. The molecule has 1 unspecified atom stereocenters. The maximum absolute atomic E-state index is 13.3. The number of hydrogen-bond donors (Lipinski definition) is 1. The third-order valence-corrected chi connectivity index (χ3v) is 4.41. The normalized spacial score (nSPS) is 17.1. The van der Waals surface area contributed by atoms with E-state index in [0.717, 1.165) is 24.0 Å². The summed E-state index contributed by atoms with van der Waals surface area (Å²) in [5.74, 6) is -0.256. The van der Waals surface area contributed by atoms with Crippen LogP contribution in [-0.2, 0) is 24.9 Å². The Balaban J connectivity index is 1.87. The third-order valence-electron chi connectivity index (χ3n) is 4.41. The number of halogens is 1. The molecule has 1 nitrogen and oxygen atoms in total. The Morgan fingerprint density at radius 3 is 2.57 bits per heavy atom. The summed E-state index contributed by atoms with van der Waals surface area (Å²) in [6.45, 7) is 1.81. The number of aliphatic hydroxyl groups is 1. The van der Waals surface area contributed by atoms with Gasteiger partial charge in [0.15, 0.2) is 0 Å². The Labute approximate surface area is 125 Å². The second-order valence-electron chi connectivity index (χ2n) is 6.27. The van der Waals surface area contributed by atoms with Crippen molar-refractivity contribution in [3.63, 3.8) is 0 Å². The monoisotopic (exact) mass is 284 g/mol. The van der Waals surface area contributed by atoms with Crippen molar-refractivity contribution in [3.05, 3.63) is 70.5 Å². The molecule has 21 heavy (non-hydrogen) atoms. The van der Waals surface area contributed by atoms with Gasteiger partial charge in [-0.1, -0.05) is 30.3 Å². The topological polar surface area (TPSA) is 20.2 Å². The van der Waals surface area contributed by atoms with Crippen molar-refractivity contribution < 1.29 is 9.50 Å². The van der Waals surface area contributed by atoms with Gasteiger partial charge in [0.05, 0.1) is 5.60 Å². The summed E-state index contributed by atoms with van der Waals surface area (Å²) in [6, 6.07) is 12.8. The van der Waals surface area contributed by atoms with Gasteiger partial charge in [-0.15, -0.1) is 0 Å². The van der Waals surface area contributed by atoms with E-state index in [2.05, 4.69) is 12.1 Å². The van der Waals surface area contributed by atoms with Crippen LogP contribution >= 0.6 is 0 Å². The molecule has 3 rings (SSSR count). The first-order valence-electron chi connectivity index (χ1n) is 7.64. The SMILES string of the molecule is CC(O)(Cc1cccc(F)c1)c1ccc2c(c1)CCCC2. The van der Waals surface area contributed by atoms with E-state index >= 15 is 0 Å². The van der Waals surface area contributed by atoms with Gasteiger partial charge in [0, 0.05) is 6.42 Å². The van der Waals surface area contributed by atoms with Crippen LogP contribution < -0.4 is 0 Å². The Kier molecular flexibility index (Phi) is 3.81. The quantitative estimate of drug-likeness (QED) is 0.897. The van der Waals surface area contributed by atoms with E-state index < -0.39 is 5.60 Å². The lowest BCUT2D eigenvalue weighted by atomic mass is 9.84. The molecule has 0 aromatic heterocycles. The van der Waals surface area contributed by atoms with Crippen LogP contribution in [0.25, 0.3) is 0 Å². The van der Waals surface area contributed by atoms with Gasteiger partial charge in [-0.25, -0.2) is 4.39 Å². The van der Waals surface area contributed by atoms with E-state index in [9.17, 15) is 9.50 Å². The molecule has 1 atom stereocenters. The van der Waals surface area contributed by atoms with Crippen molar-refractivity contribution in [2.24, 2.45) is 0 Å². The molecule has 2 aromatic rings. The second kappa shape index (κ2) is 5.61. The Hall–Kier alpha value is -1.67. The molecule has 1 aliphatic rings. The van der Waals surface area contributed by atoms with Gasteiger partial charge < -0.3 is 5.11 Å². The van der Waals surface area contributed by atoms with E-state index in [1.54, 1.807) is 6.07 Å². The molecule has 0 fully saturated rings. The fourth-order valence-corrected chi connectivity index (χ4v) is 3.21. The lowest BCUT2D eigenvalue weighted by Gasteiger charge is -2.26. The molecular weight excluding hydrogens is 263 g/mol. The predicted octanol–water partition coefficient (Wildman–Crippen LogP) is 4.15. The van der Waals surface area contributed by atoms with E-state index in [0.29, 0.717) is 6.42 Å². The standard InChI is InChI=1S/C19H21FO/c1-19(21,13-14-5-4-8-18(20)11-14)17-10-9-15-6-2-3-7-16(15)12-17/h4-5,8-12,21H,2-3,6-7,13H2,1H3. The second-order valence-corrected chi connectivity index (χ2v) is 6.27. The largest absolute Gasteiger partial charge is 0.385 e. The molecule has 0 aliphatic heterocycles. The van der Waals surface area contributed by atoms with Crippen LogP contribution in [0.5, 0.6) is 0 Å². The molecular formula is C19H21FO. The van der Waals surface area contributed by atoms with Gasteiger partial charge >= 0.3 is 0 Å². The molecule has 0 saturated heterocycles. The van der Waals surface area contributed by atoms with Crippen molar-refractivity contribution in [1.82, 2.24) is 0 Å². The molecule has 0 spiro atoms. The average Bonchev–Trinajstić information content (AvgIpc) is 2.46. The number of aryl methyl sites for hydroxylation is 2. The van der Waals surface area contributed by atoms with Gasteiger partial charge in [0.1, 0.15) is 5.82 Å². The highest BCUT2D eigenvalue weighted by Crippen LogP contribution is 2.30. The van der Waals surface area contributed by atoms with Crippen LogP contribution in [0, 0.1) is 5.82 Å². The van der Waals surface area contributed by atoms with Crippen LogP contribution in [0.1, 0.15) is 42.0 Å². The first kappa shape index (κ1) is 14.3. The summed E-state index contributed by atoms with van der Waals surface area (Å²) in [5, 5.41) is 10.8. The minimum absolute atomic E-state index is 0.256. The minimum atomic E-state index is -0.972. The van der Waals surface area contributed by atoms with Gasteiger partial charge in [-0.2, -0.15) is 0 Å². The number of rotatable bonds is 3. The molecule has 2 aromatic carbocycles. The first-order chi connectivity index (χ1) is 10.0. The molecule has 2 heteroatoms. The number of hydrogen-bond acceptors (Lipinski definition) is 1. The maximum atomic E-state index is 13.3. The summed E-state index contributed by atoms with van der Waals surface area (Å²) < 4.78 is 13.3. The Morgan fingerprint density at radius 2 is 1.81 bits per heavy atom. The molecule has 0 bridgehead atoms. The summed E-state index contributed by atoms with van der Waals surface area (Å²) in [6.07, 6.45) is 5.14. The highest BCUT2D eigenvalue weighted by Gasteiger charge is 2.25. The molecule has 1 aliphatic carbocycles. The van der Waals surface area contributed by atoms with Crippen molar-refractivity contribution in [1.29, 1.82) is 0 Å². The first-order valence-corrected chi connectivity index (χ1v) is 7.64. The van der Waals surface area contributed by atoms with Gasteiger partial charge in [0.25, 0.3) is 0 Å². The maximum Gasteiger partial charge on any atom is 0.123 e. The van der Waals surface area contributed by atoms with E-state index in [-0.39, 0.29) is 5.82 Å². The van der Waals surface area contributed by atoms with Crippen LogP contribution in [0.3, 0.4) is 0 Å². The highest BCUT2D eigenvalue weighted by atomic mass is 19.1. The molecule has 110 valence electrons. The smallest absolute Gasteiger partial charge is 0.123 e. The van der Waals surface area contributed by atoms with Gasteiger partial charge in [-0.3, -0.25) is 0 Å². The number of fused-ring (bicyclic) bond motifs is 1. The van der Waals surface area contributed by atoms with Crippen molar-refractivity contribution >= 4 is 0 Å². The van der Waals surface area contributed by atoms with Crippen LogP contribution in [0.4, 0.5) is 4.39 Å². The zero-order chi connectivity index (χ0) is 14.9. The van der Waals surface area contributed by atoms with Gasteiger partial charge in [0.2, 0.25) is 0 Å². The van der Waals surface area contributed by atoms with Gasteiger partial charge in [-0.05, 0) is 67.0 Å².